The van der Waals surface area contributed by atoms with Gasteiger partial charge in [-0.15, -0.1) is 0 Å². The van der Waals surface area contributed by atoms with Crippen molar-refractivity contribution >= 4 is 22.6 Å². The first-order valence-electron chi connectivity index (χ1n) is 4.04. The maximum Gasteiger partial charge on any atom is 0.335 e. The molecule has 1 aromatic carbocycles. The van der Waals surface area contributed by atoms with Gasteiger partial charge in [-0.3, -0.25) is 4.68 Å². The summed E-state index contributed by atoms with van der Waals surface area (Å²) in [7, 11) is 1.74. The zero-order valence-electron chi connectivity index (χ0n) is 7.56. The van der Waals surface area contributed by atoms with Gasteiger partial charge in [-0.2, -0.15) is 5.10 Å². The highest BCUT2D eigenvalue weighted by atomic mass is 16.4. The molecule has 0 unspecified atom stereocenters. The molecule has 3 N–H and O–H groups in total. The predicted octanol–water partition coefficient (Wildman–Crippen LogP) is 0.854. The Morgan fingerprint density at radius 2 is 2.29 bits per heavy atom. The molecule has 1 heterocycles. The van der Waals surface area contributed by atoms with Gasteiger partial charge in [0, 0.05) is 18.1 Å². The van der Waals surface area contributed by atoms with Gasteiger partial charge in [0.1, 0.15) is 0 Å². The highest BCUT2D eigenvalue weighted by Crippen LogP contribution is 2.22. The third-order valence-corrected chi connectivity index (χ3v) is 2.15. The van der Waals surface area contributed by atoms with Crippen LogP contribution in [0.25, 0.3) is 10.9 Å². The van der Waals surface area contributed by atoms with Gasteiger partial charge >= 0.3 is 5.97 Å². The summed E-state index contributed by atoms with van der Waals surface area (Å²) in [6, 6.07) is 2.99. The van der Waals surface area contributed by atoms with E-state index in [0.29, 0.717) is 5.69 Å². The van der Waals surface area contributed by atoms with E-state index in [1.54, 1.807) is 24.0 Å². The van der Waals surface area contributed by atoms with E-state index >= 15 is 0 Å². The molecule has 0 saturated heterocycles. The number of carbonyl (C=O) groups is 1. The number of nitrogen functional groups attached to an aromatic ring is 1. The molecule has 0 atom stereocenters. The van der Waals surface area contributed by atoms with Gasteiger partial charge < -0.3 is 10.8 Å². The minimum atomic E-state index is -0.986. The Labute approximate surface area is 79.7 Å². The number of anilines is 1. The quantitative estimate of drug-likeness (QED) is 0.655. The first kappa shape index (κ1) is 8.55. The lowest BCUT2D eigenvalue weighted by molar-refractivity contribution is 0.0697. The first-order chi connectivity index (χ1) is 6.59. The molecule has 0 bridgehead atoms. The van der Waals surface area contributed by atoms with E-state index in [2.05, 4.69) is 5.10 Å². The SMILES string of the molecule is Cn1ncc2c(N)cc(C(=O)O)cc21. The summed E-state index contributed by atoms with van der Waals surface area (Å²) in [5.41, 5.74) is 7.03. The van der Waals surface area contributed by atoms with Crippen LogP contribution in [0.1, 0.15) is 10.4 Å². The number of hydrogen-bond donors (Lipinski definition) is 2. The Kier molecular flexibility index (Phi) is 1.67. The Balaban J connectivity index is 2.82. The average Bonchev–Trinajstić information content (AvgIpc) is 2.48. The number of carboxylic acid groups (broad SMARTS) is 1. The van der Waals surface area contributed by atoms with Crippen molar-refractivity contribution in [2.45, 2.75) is 0 Å². The summed E-state index contributed by atoms with van der Waals surface area (Å²) >= 11 is 0. The van der Waals surface area contributed by atoms with E-state index in [0.717, 1.165) is 10.9 Å². The summed E-state index contributed by atoms with van der Waals surface area (Å²) in [6.07, 6.45) is 1.62. The average molecular weight is 191 g/mol. The molecule has 2 aromatic rings. The second-order valence-electron chi connectivity index (χ2n) is 3.07. The van der Waals surface area contributed by atoms with Crippen molar-refractivity contribution in [1.82, 2.24) is 9.78 Å². The molecular weight excluding hydrogens is 182 g/mol. The smallest absolute Gasteiger partial charge is 0.335 e. The van der Waals surface area contributed by atoms with Crippen LogP contribution in [0.5, 0.6) is 0 Å². The van der Waals surface area contributed by atoms with E-state index in [-0.39, 0.29) is 5.56 Å². The number of rotatable bonds is 1. The van der Waals surface area contributed by atoms with E-state index < -0.39 is 5.97 Å². The number of aromatic nitrogens is 2. The number of aryl methyl sites for hydroxylation is 1. The first-order valence-corrected chi connectivity index (χ1v) is 4.04. The molecule has 0 saturated carbocycles. The van der Waals surface area contributed by atoms with Crippen LogP contribution in [0.2, 0.25) is 0 Å². The highest BCUT2D eigenvalue weighted by molar-refractivity contribution is 5.98. The third kappa shape index (κ3) is 1.10. The second-order valence-corrected chi connectivity index (χ2v) is 3.07. The molecule has 2 rings (SSSR count). The standard InChI is InChI=1S/C9H9N3O2/c1-12-8-3-5(9(13)14)2-7(10)6(8)4-11-12/h2-4H,10H2,1H3,(H,13,14). The van der Waals surface area contributed by atoms with E-state index in [4.69, 9.17) is 10.8 Å². The molecule has 14 heavy (non-hydrogen) atoms. The van der Waals surface area contributed by atoms with Crippen LogP contribution in [0.15, 0.2) is 18.3 Å². The van der Waals surface area contributed by atoms with Gasteiger partial charge in [-0.25, -0.2) is 4.79 Å². The lowest BCUT2D eigenvalue weighted by Crippen LogP contribution is -1.99. The maximum absolute atomic E-state index is 10.7. The number of nitrogens with two attached hydrogens (primary N) is 1. The minimum Gasteiger partial charge on any atom is -0.478 e. The fraction of sp³-hybridized carbons (Fsp3) is 0.111. The largest absolute Gasteiger partial charge is 0.478 e. The van der Waals surface area contributed by atoms with Crippen LogP contribution >= 0.6 is 0 Å². The van der Waals surface area contributed by atoms with Gasteiger partial charge in [0.05, 0.1) is 17.3 Å². The summed E-state index contributed by atoms with van der Waals surface area (Å²) in [4.78, 5) is 10.7. The van der Waals surface area contributed by atoms with Crippen LogP contribution in [-0.4, -0.2) is 20.9 Å². The Bertz CT molecular complexity index is 516. The highest BCUT2D eigenvalue weighted by Gasteiger charge is 2.09. The van der Waals surface area contributed by atoms with Crippen molar-refractivity contribution in [3.8, 4) is 0 Å². The fourth-order valence-electron chi connectivity index (χ4n) is 1.40. The number of carboxylic acids is 1. The van der Waals surface area contributed by atoms with Gasteiger partial charge in [-0.05, 0) is 12.1 Å². The third-order valence-electron chi connectivity index (χ3n) is 2.15. The topological polar surface area (TPSA) is 81.1 Å². The second kappa shape index (κ2) is 2.73. The summed E-state index contributed by atoms with van der Waals surface area (Å²) in [5, 5.41) is 13.6. The van der Waals surface area contributed by atoms with Crippen LogP contribution < -0.4 is 5.73 Å². The molecule has 0 aliphatic heterocycles. The van der Waals surface area contributed by atoms with Crippen LogP contribution in [0.4, 0.5) is 5.69 Å². The van der Waals surface area contributed by atoms with Crippen molar-refractivity contribution in [2.24, 2.45) is 7.05 Å². The van der Waals surface area contributed by atoms with Gasteiger partial charge in [0.15, 0.2) is 0 Å². The molecule has 1 aromatic heterocycles. The Hall–Kier alpha value is -2.04. The van der Waals surface area contributed by atoms with Crippen molar-refractivity contribution < 1.29 is 9.90 Å². The number of nitrogens with zero attached hydrogens (tertiary/aromatic N) is 2. The zero-order chi connectivity index (χ0) is 10.3. The number of fused-ring (bicyclic) bond motifs is 1. The van der Waals surface area contributed by atoms with Crippen LogP contribution in [-0.2, 0) is 7.05 Å². The summed E-state index contributed by atoms with van der Waals surface area (Å²) in [6.45, 7) is 0. The van der Waals surface area contributed by atoms with Crippen LogP contribution in [0, 0.1) is 0 Å². The molecule has 0 spiro atoms. The van der Waals surface area contributed by atoms with Crippen molar-refractivity contribution in [2.75, 3.05) is 5.73 Å². The Morgan fingerprint density at radius 1 is 1.57 bits per heavy atom. The molecule has 0 fully saturated rings. The molecule has 0 amide bonds. The molecule has 5 nitrogen and oxygen atoms in total. The molecule has 5 heteroatoms. The fourth-order valence-corrected chi connectivity index (χ4v) is 1.40. The normalized spacial score (nSPS) is 10.6. The number of hydrogen-bond acceptors (Lipinski definition) is 3. The maximum atomic E-state index is 10.7. The van der Waals surface area contributed by atoms with Gasteiger partial charge in [0.25, 0.3) is 0 Å². The monoisotopic (exact) mass is 191 g/mol. The van der Waals surface area contributed by atoms with Gasteiger partial charge in [-0.1, -0.05) is 0 Å². The van der Waals surface area contributed by atoms with Crippen molar-refractivity contribution in [3.63, 3.8) is 0 Å². The van der Waals surface area contributed by atoms with Crippen molar-refractivity contribution in [3.05, 3.63) is 23.9 Å². The number of benzene rings is 1. The summed E-state index contributed by atoms with van der Waals surface area (Å²) < 4.78 is 1.60. The molecule has 0 aliphatic rings. The van der Waals surface area contributed by atoms with Crippen LogP contribution in [0.3, 0.4) is 0 Å². The van der Waals surface area contributed by atoms with Gasteiger partial charge in [0.2, 0.25) is 0 Å². The zero-order valence-corrected chi connectivity index (χ0v) is 7.56. The number of aromatic carboxylic acids is 1. The van der Waals surface area contributed by atoms with E-state index in [1.807, 2.05) is 0 Å². The molecule has 72 valence electrons. The summed E-state index contributed by atoms with van der Waals surface area (Å²) in [5.74, 6) is -0.986. The van der Waals surface area contributed by atoms with E-state index in [9.17, 15) is 4.79 Å². The minimum absolute atomic E-state index is 0.179. The van der Waals surface area contributed by atoms with E-state index in [1.165, 1.54) is 6.07 Å². The Morgan fingerprint density at radius 3 is 2.93 bits per heavy atom. The molecular formula is C9H9N3O2. The predicted molar refractivity (Wildman–Crippen MR) is 52.1 cm³/mol. The lowest BCUT2D eigenvalue weighted by Gasteiger charge is -2.00. The molecule has 0 aliphatic carbocycles. The lowest BCUT2D eigenvalue weighted by atomic mass is 10.1. The molecule has 0 radical (unpaired) electrons. The van der Waals surface area contributed by atoms with Crippen molar-refractivity contribution in [1.29, 1.82) is 0 Å².